The number of nitrogens with one attached hydrogen (secondary N) is 1. The first-order valence-corrected chi connectivity index (χ1v) is 9.89. The molecule has 0 aliphatic heterocycles. The Bertz CT molecular complexity index is 854. The summed E-state index contributed by atoms with van der Waals surface area (Å²) in [5, 5.41) is 7.99. The summed E-state index contributed by atoms with van der Waals surface area (Å²) in [5.41, 5.74) is 1.67. The van der Waals surface area contributed by atoms with Crippen LogP contribution in [0.25, 0.3) is 0 Å². The summed E-state index contributed by atoms with van der Waals surface area (Å²) in [7, 11) is -2.08. The van der Waals surface area contributed by atoms with Crippen molar-refractivity contribution in [2.75, 3.05) is 7.05 Å². The van der Waals surface area contributed by atoms with Gasteiger partial charge in [-0.25, -0.2) is 18.4 Å². The highest BCUT2D eigenvalue weighted by Gasteiger charge is 2.16. The van der Waals surface area contributed by atoms with Crippen molar-refractivity contribution in [2.24, 2.45) is 5.14 Å². The van der Waals surface area contributed by atoms with Gasteiger partial charge in [0.2, 0.25) is 10.0 Å². The fourth-order valence-electron chi connectivity index (χ4n) is 2.28. The van der Waals surface area contributed by atoms with Crippen molar-refractivity contribution < 1.29 is 13.2 Å². The Morgan fingerprint density at radius 3 is 2.48 bits per heavy atom. The van der Waals surface area contributed by atoms with Crippen molar-refractivity contribution in [3.63, 3.8) is 0 Å². The molecular formula is C17H20BrN3O3S. The van der Waals surface area contributed by atoms with Gasteiger partial charge in [0, 0.05) is 18.1 Å². The van der Waals surface area contributed by atoms with Crippen molar-refractivity contribution in [1.29, 1.82) is 0 Å². The van der Waals surface area contributed by atoms with Gasteiger partial charge in [-0.3, -0.25) is 0 Å². The van der Waals surface area contributed by atoms with Gasteiger partial charge in [0.1, 0.15) is 0 Å². The molecule has 0 spiro atoms. The average Bonchev–Trinajstić information content (AvgIpc) is 2.56. The largest absolute Gasteiger partial charge is 0.331 e. The standard InChI is InChI=1S/C17H20BrN3O3S/c1-12(14-4-3-5-16(10-14)25(19,23)24)20-17(22)21(2)11-13-6-8-15(18)9-7-13/h3-10,12H,11H2,1-2H3,(H,20,22)(H2,19,23,24). The minimum absolute atomic E-state index is 0.0225. The zero-order valence-electron chi connectivity index (χ0n) is 13.9. The first-order valence-electron chi connectivity index (χ1n) is 7.55. The number of nitrogens with zero attached hydrogens (tertiary/aromatic N) is 1. The Morgan fingerprint density at radius 1 is 1.24 bits per heavy atom. The quantitative estimate of drug-likeness (QED) is 0.770. The molecule has 0 aromatic heterocycles. The Morgan fingerprint density at radius 2 is 1.88 bits per heavy atom. The van der Waals surface area contributed by atoms with Crippen molar-refractivity contribution >= 4 is 32.0 Å². The fraction of sp³-hybridized carbons (Fsp3) is 0.235. The number of amides is 2. The molecular weight excluding hydrogens is 406 g/mol. The number of rotatable bonds is 5. The number of benzene rings is 2. The van der Waals surface area contributed by atoms with Crippen LogP contribution in [0.15, 0.2) is 57.9 Å². The number of hydrogen-bond donors (Lipinski definition) is 2. The summed E-state index contributed by atoms with van der Waals surface area (Å²) in [6.45, 7) is 2.25. The van der Waals surface area contributed by atoms with Crippen LogP contribution in [0.2, 0.25) is 0 Å². The van der Waals surface area contributed by atoms with Gasteiger partial charge in [-0.15, -0.1) is 0 Å². The van der Waals surface area contributed by atoms with E-state index >= 15 is 0 Å². The maximum Gasteiger partial charge on any atom is 0.317 e. The molecule has 0 bridgehead atoms. The summed E-state index contributed by atoms with van der Waals surface area (Å²) in [6, 6.07) is 13.3. The van der Waals surface area contributed by atoms with Gasteiger partial charge >= 0.3 is 6.03 Å². The molecule has 134 valence electrons. The topological polar surface area (TPSA) is 92.5 Å². The van der Waals surface area contributed by atoms with E-state index in [1.165, 1.54) is 12.1 Å². The lowest BCUT2D eigenvalue weighted by Gasteiger charge is -2.22. The third-order valence-electron chi connectivity index (χ3n) is 3.71. The molecule has 0 aliphatic carbocycles. The van der Waals surface area contributed by atoms with Gasteiger partial charge in [-0.1, -0.05) is 40.2 Å². The van der Waals surface area contributed by atoms with Crippen molar-refractivity contribution in [3.8, 4) is 0 Å². The molecule has 0 heterocycles. The van der Waals surface area contributed by atoms with Crippen LogP contribution in [0.4, 0.5) is 4.79 Å². The van der Waals surface area contributed by atoms with E-state index in [2.05, 4.69) is 21.2 Å². The van der Waals surface area contributed by atoms with Crippen LogP contribution in [0, 0.1) is 0 Å². The van der Waals surface area contributed by atoms with E-state index < -0.39 is 10.0 Å². The molecule has 0 saturated heterocycles. The van der Waals surface area contributed by atoms with Crippen LogP contribution in [-0.2, 0) is 16.6 Å². The van der Waals surface area contributed by atoms with E-state index in [0.717, 1.165) is 10.0 Å². The molecule has 25 heavy (non-hydrogen) atoms. The molecule has 6 nitrogen and oxygen atoms in total. The lowest BCUT2D eigenvalue weighted by atomic mass is 10.1. The second-order valence-corrected chi connectivity index (χ2v) is 8.25. The highest BCUT2D eigenvalue weighted by molar-refractivity contribution is 9.10. The van der Waals surface area contributed by atoms with Crippen molar-refractivity contribution in [2.45, 2.75) is 24.4 Å². The highest BCUT2D eigenvalue weighted by atomic mass is 79.9. The average molecular weight is 426 g/mol. The Kier molecular flexibility index (Phi) is 6.21. The first kappa shape index (κ1) is 19.4. The number of urea groups is 1. The number of hydrogen-bond acceptors (Lipinski definition) is 3. The molecule has 1 atom stereocenters. The van der Waals surface area contributed by atoms with Crippen LogP contribution in [0.1, 0.15) is 24.1 Å². The van der Waals surface area contributed by atoms with Crippen molar-refractivity contribution in [3.05, 3.63) is 64.1 Å². The third kappa shape index (κ3) is 5.55. The maximum atomic E-state index is 12.3. The zero-order valence-corrected chi connectivity index (χ0v) is 16.3. The highest BCUT2D eigenvalue weighted by Crippen LogP contribution is 2.17. The summed E-state index contributed by atoms with van der Waals surface area (Å²) in [4.78, 5) is 13.9. The number of primary sulfonamides is 1. The van der Waals surface area contributed by atoms with Gasteiger partial charge < -0.3 is 10.2 Å². The lowest BCUT2D eigenvalue weighted by molar-refractivity contribution is 0.203. The zero-order chi connectivity index (χ0) is 18.6. The van der Waals surface area contributed by atoms with E-state index in [1.807, 2.05) is 24.3 Å². The second-order valence-electron chi connectivity index (χ2n) is 5.77. The monoisotopic (exact) mass is 425 g/mol. The molecule has 2 aromatic carbocycles. The SMILES string of the molecule is CC(NC(=O)N(C)Cc1ccc(Br)cc1)c1cccc(S(N)(=O)=O)c1. The van der Waals surface area contributed by atoms with Crippen molar-refractivity contribution in [1.82, 2.24) is 10.2 Å². The number of carbonyl (C=O) groups is 1. The van der Waals surface area contributed by atoms with E-state index in [-0.39, 0.29) is 17.0 Å². The number of halogens is 1. The normalized spacial score (nSPS) is 12.5. The summed E-state index contributed by atoms with van der Waals surface area (Å²) in [6.07, 6.45) is 0. The van der Waals surface area contributed by atoms with Crippen LogP contribution in [-0.4, -0.2) is 26.4 Å². The molecule has 0 aliphatic rings. The third-order valence-corrected chi connectivity index (χ3v) is 5.15. The number of nitrogens with two attached hydrogens (primary N) is 1. The minimum Gasteiger partial charge on any atom is -0.331 e. The number of carbonyl (C=O) groups excluding carboxylic acids is 1. The van der Waals surface area contributed by atoms with E-state index in [1.54, 1.807) is 31.0 Å². The molecule has 0 radical (unpaired) electrons. The van der Waals surface area contributed by atoms with Gasteiger partial charge in [-0.05, 0) is 42.3 Å². The number of sulfonamides is 1. The van der Waals surface area contributed by atoms with Crippen LogP contribution in [0.3, 0.4) is 0 Å². The van der Waals surface area contributed by atoms with E-state index in [9.17, 15) is 13.2 Å². The van der Waals surface area contributed by atoms with Gasteiger partial charge in [0.25, 0.3) is 0 Å². The molecule has 8 heteroatoms. The van der Waals surface area contributed by atoms with Gasteiger partial charge in [-0.2, -0.15) is 0 Å². The molecule has 2 rings (SSSR count). The van der Waals surface area contributed by atoms with E-state index in [4.69, 9.17) is 5.14 Å². The molecule has 0 fully saturated rings. The van der Waals surface area contributed by atoms with Crippen LogP contribution < -0.4 is 10.5 Å². The van der Waals surface area contributed by atoms with E-state index in [0.29, 0.717) is 12.1 Å². The molecule has 3 N–H and O–H groups in total. The minimum atomic E-state index is -3.77. The molecule has 0 saturated carbocycles. The Balaban J connectivity index is 2.03. The first-order chi connectivity index (χ1) is 11.7. The lowest BCUT2D eigenvalue weighted by Crippen LogP contribution is -2.38. The maximum absolute atomic E-state index is 12.3. The summed E-state index contributed by atoms with van der Waals surface area (Å²) in [5.74, 6) is 0. The second kappa shape index (κ2) is 7.99. The fourth-order valence-corrected chi connectivity index (χ4v) is 3.11. The molecule has 2 amide bonds. The predicted octanol–water partition coefficient (Wildman–Crippen LogP) is 3.00. The Labute approximate surface area is 156 Å². The van der Waals surface area contributed by atoms with Gasteiger partial charge in [0.15, 0.2) is 0 Å². The smallest absolute Gasteiger partial charge is 0.317 e. The van der Waals surface area contributed by atoms with Crippen LogP contribution >= 0.6 is 15.9 Å². The predicted molar refractivity (Wildman–Crippen MR) is 100 cm³/mol. The summed E-state index contributed by atoms with van der Waals surface area (Å²) >= 11 is 3.37. The molecule has 1 unspecified atom stereocenters. The van der Waals surface area contributed by atoms with Crippen LogP contribution in [0.5, 0.6) is 0 Å². The Hall–Kier alpha value is -1.90. The summed E-state index contributed by atoms with van der Waals surface area (Å²) < 4.78 is 23.9. The molecule has 2 aromatic rings. The van der Waals surface area contributed by atoms with Gasteiger partial charge in [0.05, 0.1) is 10.9 Å².